The lowest BCUT2D eigenvalue weighted by Gasteiger charge is -2.25. The molecule has 20 heavy (non-hydrogen) atoms. The highest BCUT2D eigenvalue weighted by Crippen LogP contribution is 2.16. The van der Waals surface area contributed by atoms with Crippen LogP contribution in [0.15, 0.2) is 18.2 Å². The van der Waals surface area contributed by atoms with Gasteiger partial charge in [-0.2, -0.15) is 0 Å². The molecule has 0 fully saturated rings. The first-order valence-corrected chi connectivity index (χ1v) is 7.08. The number of ether oxygens (including phenoxy) is 1. The molecule has 0 aromatic heterocycles. The maximum atomic E-state index is 11.7. The summed E-state index contributed by atoms with van der Waals surface area (Å²) in [4.78, 5) is 11.7. The number of aryl methyl sites for hydroxylation is 2. The molecule has 2 N–H and O–H groups in total. The van der Waals surface area contributed by atoms with Crippen LogP contribution < -0.4 is 10.1 Å². The van der Waals surface area contributed by atoms with Gasteiger partial charge in [0.1, 0.15) is 5.75 Å². The SMILES string of the molecule is CCC(O)(CC)CNC(=O)COc1cc(C)cc(C)c1. The Bertz CT molecular complexity index is 433. The minimum atomic E-state index is -0.824. The quantitative estimate of drug-likeness (QED) is 0.805. The number of carbonyl (C=O) groups is 1. The van der Waals surface area contributed by atoms with E-state index in [0.717, 1.165) is 11.1 Å². The molecule has 0 radical (unpaired) electrons. The summed E-state index contributed by atoms with van der Waals surface area (Å²) in [5.41, 5.74) is 1.38. The van der Waals surface area contributed by atoms with Gasteiger partial charge in [0.15, 0.2) is 6.61 Å². The lowest BCUT2D eigenvalue weighted by Crippen LogP contribution is -2.43. The van der Waals surface area contributed by atoms with Crippen molar-refractivity contribution < 1.29 is 14.6 Å². The first-order chi connectivity index (χ1) is 9.38. The number of benzene rings is 1. The van der Waals surface area contributed by atoms with Crippen molar-refractivity contribution in [2.45, 2.75) is 46.1 Å². The Morgan fingerprint density at radius 3 is 2.25 bits per heavy atom. The molecule has 0 aliphatic rings. The number of rotatable bonds is 7. The van der Waals surface area contributed by atoms with E-state index in [1.165, 1.54) is 0 Å². The number of hydrogen-bond donors (Lipinski definition) is 2. The van der Waals surface area contributed by atoms with E-state index in [0.29, 0.717) is 18.6 Å². The van der Waals surface area contributed by atoms with Gasteiger partial charge in [0.2, 0.25) is 0 Å². The van der Waals surface area contributed by atoms with E-state index in [4.69, 9.17) is 4.74 Å². The highest BCUT2D eigenvalue weighted by Gasteiger charge is 2.22. The summed E-state index contributed by atoms with van der Waals surface area (Å²) in [5, 5.41) is 12.8. The van der Waals surface area contributed by atoms with Crippen molar-refractivity contribution in [1.82, 2.24) is 5.32 Å². The first kappa shape index (κ1) is 16.5. The summed E-state index contributed by atoms with van der Waals surface area (Å²) in [7, 11) is 0. The van der Waals surface area contributed by atoms with Gasteiger partial charge in [-0.1, -0.05) is 19.9 Å². The maximum Gasteiger partial charge on any atom is 0.258 e. The monoisotopic (exact) mass is 279 g/mol. The van der Waals surface area contributed by atoms with Crippen LogP contribution in [0.25, 0.3) is 0 Å². The third-order valence-electron chi connectivity index (χ3n) is 3.50. The van der Waals surface area contributed by atoms with Gasteiger partial charge >= 0.3 is 0 Å². The number of amides is 1. The standard InChI is InChI=1S/C16H25NO3/c1-5-16(19,6-2)11-17-15(18)10-20-14-8-12(3)7-13(4)9-14/h7-9,19H,5-6,10-11H2,1-4H3,(H,17,18). The van der Waals surface area contributed by atoms with Gasteiger partial charge in [-0.25, -0.2) is 0 Å². The van der Waals surface area contributed by atoms with Crippen LogP contribution in [0.4, 0.5) is 0 Å². The van der Waals surface area contributed by atoms with Crippen LogP contribution in [0.5, 0.6) is 5.75 Å². The molecule has 0 atom stereocenters. The molecular weight excluding hydrogens is 254 g/mol. The van der Waals surface area contributed by atoms with Crippen molar-refractivity contribution in [3.63, 3.8) is 0 Å². The van der Waals surface area contributed by atoms with Crippen molar-refractivity contribution >= 4 is 5.91 Å². The molecule has 112 valence electrons. The maximum absolute atomic E-state index is 11.7. The van der Waals surface area contributed by atoms with Crippen LogP contribution in [-0.2, 0) is 4.79 Å². The number of hydrogen-bond acceptors (Lipinski definition) is 3. The van der Waals surface area contributed by atoms with Gasteiger partial charge in [-0.05, 0) is 49.9 Å². The highest BCUT2D eigenvalue weighted by molar-refractivity contribution is 5.77. The molecule has 0 unspecified atom stereocenters. The Kier molecular flexibility index (Phi) is 6.02. The molecule has 0 heterocycles. The lowest BCUT2D eigenvalue weighted by atomic mass is 9.98. The average molecular weight is 279 g/mol. The Morgan fingerprint density at radius 2 is 1.75 bits per heavy atom. The van der Waals surface area contributed by atoms with Crippen molar-refractivity contribution in [1.29, 1.82) is 0 Å². The van der Waals surface area contributed by atoms with E-state index >= 15 is 0 Å². The minimum Gasteiger partial charge on any atom is -0.484 e. The van der Waals surface area contributed by atoms with Gasteiger partial charge in [-0.3, -0.25) is 4.79 Å². The average Bonchev–Trinajstić information content (AvgIpc) is 2.41. The molecule has 0 saturated carbocycles. The molecule has 0 aliphatic heterocycles. The normalized spacial score (nSPS) is 11.2. The number of carbonyl (C=O) groups excluding carboxylic acids is 1. The zero-order chi connectivity index (χ0) is 15.2. The van der Waals surface area contributed by atoms with Gasteiger partial charge in [-0.15, -0.1) is 0 Å². The topological polar surface area (TPSA) is 58.6 Å². The largest absolute Gasteiger partial charge is 0.484 e. The Balaban J connectivity index is 2.44. The second-order valence-corrected chi connectivity index (χ2v) is 5.32. The van der Waals surface area contributed by atoms with E-state index in [1.54, 1.807) is 0 Å². The first-order valence-electron chi connectivity index (χ1n) is 7.08. The molecule has 0 saturated heterocycles. The van der Waals surface area contributed by atoms with Crippen molar-refractivity contribution in [3.05, 3.63) is 29.3 Å². The molecular formula is C16H25NO3. The van der Waals surface area contributed by atoms with Crippen molar-refractivity contribution in [2.75, 3.05) is 13.2 Å². The Morgan fingerprint density at radius 1 is 1.20 bits per heavy atom. The smallest absolute Gasteiger partial charge is 0.258 e. The molecule has 0 spiro atoms. The third-order valence-corrected chi connectivity index (χ3v) is 3.50. The summed E-state index contributed by atoms with van der Waals surface area (Å²) >= 11 is 0. The Hall–Kier alpha value is -1.55. The van der Waals surface area contributed by atoms with E-state index < -0.39 is 5.60 Å². The second-order valence-electron chi connectivity index (χ2n) is 5.32. The summed E-state index contributed by atoms with van der Waals surface area (Å²) in [6.07, 6.45) is 1.23. The summed E-state index contributed by atoms with van der Waals surface area (Å²) < 4.78 is 5.47. The summed E-state index contributed by atoms with van der Waals surface area (Å²) in [5.74, 6) is 0.475. The zero-order valence-corrected chi connectivity index (χ0v) is 12.8. The predicted molar refractivity (Wildman–Crippen MR) is 80.0 cm³/mol. The van der Waals surface area contributed by atoms with Crippen LogP contribution in [0.2, 0.25) is 0 Å². The van der Waals surface area contributed by atoms with Crippen LogP contribution >= 0.6 is 0 Å². The van der Waals surface area contributed by atoms with Crippen molar-refractivity contribution in [2.24, 2.45) is 0 Å². The molecule has 1 aromatic rings. The van der Waals surface area contributed by atoms with Crippen LogP contribution in [-0.4, -0.2) is 29.8 Å². The van der Waals surface area contributed by atoms with Gasteiger partial charge in [0, 0.05) is 6.54 Å². The van der Waals surface area contributed by atoms with Crippen LogP contribution in [0.3, 0.4) is 0 Å². The fourth-order valence-electron chi connectivity index (χ4n) is 1.98. The summed E-state index contributed by atoms with van der Waals surface area (Å²) in [6.45, 7) is 8.01. The second kappa shape index (κ2) is 7.29. The van der Waals surface area contributed by atoms with Gasteiger partial charge in [0.05, 0.1) is 5.60 Å². The Labute approximate surface area is 121 Å². The van der Waals surface area contributed by atoms with Gasteiger partial charge in [0.25, 0.3) is 5.91 Å². The van der Waals surface area contributed by atoms with E-state index in [2.05, 4.69) is 11.4 Å². The number of nitrogens with one attached hydrogen (secondary N) is 1. The van der Waals surface area contributed by atoms with Gasteiger partial charge < -0.3 is 15.2 Å². The minimum absolute atomic E-state index is 0.0353. The molecule has 4 heteroatoms. The number of aliphatic hydroxyl groups is 1. The molecule has 0 aliphatic carbocycles. The third kappa shape index (κ3) is 5.21. The lowest BCUT2D eigenvalue weighted by molar-refractivity contribution is -0.124. The van der Waals surface area contributed by atoms with Crippen molar-refractivity contribution in [3.8, 4) is 5.75 Å². The molecule has 0 bridgehead atoms. The molecule has 1 amide bonds. The van der Waals surface area contributed by atoms with E-state index in [9.17, 15) is 9.90 Å². The van der Waals surface area contributed by atoms with E-state index in [1.807, 2.05) is 39.8 Å². The molecule has 1 aromatic carbocycles. The van der Waals surface area contributed by atoms with Crippen LogP contribution in [0.1, 0.15) is 37.8 Å². The zero-order valence-electron chi connectivity index (χ0n) is 12.8. The predicted octanol–water partition coefficient (Wildman–Crippen LogP) is 2.35. The molecule has 1 rings (SSSR count). The molecule has 4 nitrogen and oxygen atoms in total. The summed E-state index contributed by atoms with van der Waals surface area (Å²) in [6, 6.07) is 5.85. The van der Waals surface area contributed by atoms with Crippen LogP contribution in [0, 0.1) is 13.8 Å². The fourth-order valence-corrected chi connectivity index (χ4v) is 1.98. The highest BCUT2D eigenvalue weighted by atomic mass is 16.5. The van der Waals surface area contributed by atoms with E-state index in [-0.39, 0.29) is 19.1 Å². The fraction of sp³-hybridized carbons (Fsp3) is 0.562.